The molecule has 0 unspecified atom stereocenters. The van der Waals surface area contributed by atoms with Gasteiger partial charge < -0.3 is 44.4 Å². The minimum Gasteiger partial charge on any atom is -0.452 e. The quantitative estimate of drug-likeness (QED) is 0.0754. The van der Waals surface area contributed by atoms with E-state index in [9.17, 15) is 28.8 Å². The maximum absolute atomic E-state index is 13.4. The van der Waals surface area contributed by atoms with Gasteiger partial charge in [-0.25, -0.2) is 28.9 Å². The van der Waals surface area contributed by atoms with E-state index in [1.54, 1.807) is 80.3 Å². The number of benzene rings is 3. The SMILES string of the molecule is CC(C)(C)OC(=O)N[C@@H](CCCN(C(=O)OCc1ccccc1)/C(N)=N/C(=O)OCc1ccccc1)C(=O)Oc1ccc(C(=O)OCC(=O)N2CCOCC2)cc1. The molecule has 1 saturated heterocycles. The molecule has 0 bridgehead atoms. The molecule has 304 valence electrons. The van der Waals surface area contributed by atoms with E-state index in [0.717, 1.165) is 4.90 Å². The molecule has 3 aromatic carbocycles. The highest BCUT2D eigenvalue weighted by atomic mass is 16.6. The minimum absolute atomic E-state index is 0.0131. The van der Waals surface area contributed by atoms with Crippen LogP contribution >= 0.6 is 0 Å². The molecule has 57 heavy (non-hydrogen) atoms. The van der Waals surface area contributed by atoms with Crippen LogP contribution in [0.1, 0.15) is 55.1 Å². The Bertz CT molecular complexity index is 1840. The summed E-state index contributed by atoms with van der Waals surface area (Å²) in [6, 6.07) is 21.8. The van der Waals surface area contributed by atoms with Crippen LogP contribution in [0.3, 0.4) is 0 Å². The van der Waals surface area contributed by atoms with Crippen LogP contribution in [-0.4, -0.2) is 103 Å². The Morgan fingerprint density at radius 2 is 1.44 bits per heavy atom. The predicted octanol–water partition coefficient (Wildman–Crippen LogP) is 4.57. The number of ether oxygens (including phenoxy) is 6. The second kappa shape index (κ2) is 21.6. The first-order valence-corrected chi connectivity index (χ1v) is 18.1. The molecule has 0 radical (unpaired) electrons. The Kier molecular flexibility index (Phi) is 16.4. The largest absolute Gasteiger partial charge is 0.452 e. The van der Waals surface area contributed by atoms with Crippen LogP contribution in [0.15, 0.2) is 89.9 Å². The van der Waals surface area contributed by atoms with Gasteiger partial charge >= 0.3 is 30.2 Å². The Labute approximate surface area is 330 Å². The van der Waals surface area contributed by atoms with Gasteiger partial charge in [0, 0.05) is 19.6 Å². The maximum atomic E-state index is 13.4. The lowest BCUT2D eigenvalue weighted by molar-refractivity contribution is -0.138. The third-order valence-corrected chi connectivity index (χ3v) is 7.96. The molecule has 3 N–H and O–H groups in total. The van der Waals surface area contributed by atoms with Crippen LogP contribution in [0.5, 0.6) is 5.75 Å². The Balaban J connectivity index is 1.41. The predicted molar refractivity (Wildman–Crippen MR) is 204 cm³/mol. The summed E-state index contributed by atoms with van der Waals surface area (Å²) in [6.07, 6.45) is -2.98. The number of guanidine groups is 1. The minimum atomic E-state index is -1.30. The monoisotopic (exact) mass is 789 g/mol. The topological polar surface area (TPSA) is 215 Å². The Morgan fingerprint density at radius 1 is 0.842 bits per heavy atom. The number of esters is 2. The van der Waals surface area contributed by atoms with Crippen LogP contribution in [0, 0.1) is 0 Å². The summed E-state index contributed by atoms with van der Waals surface area (Å²) < 4.78 is 31.9. The van der Waals surface area contributed by atoms with Gasteiger partial charge in [0.15, 0.2) is 6.61 Å². The number of alkyl carbamates (subject to hydrolysis) is 1. The summed E-state index contributed by atoms with van der Waals surface area (Å²) in [4.78, 5) is 83.2. The van der Waals surface area contributed by atoms with Gasteiger partial charge in [-0.2, -0.15) is 0 Å². The normalized spacial score (nSPS) is 13.4. The summed E-state index contributed by atoms with van der Waals surface area (Å²) in [6.45, 7) is 5.75. The summed E-state index contributed by atoms with van der Waals surface area (Å²) in [5.41, 5.74) is 6.74. The molecule has 3 aromatic rings. The van der Waals surface area contributed by atoms with Crippen LogP contribution in [0.25, 0.3) is 0 Å². The number of rotatable bonds is 14. The number of carbonyl (C=O) groups is 6. The number of nitrogens with one attached hydrogen (secondary N) is 1. The number of morpholine rings is 1. The summed E-state index contributed by atoms with van der Waals surface area (Å²) >= 11 is 0. The summed E-state index contributed by atoms with van der Waals surface area (Å²) in [5, 5.41) is 2.50. The fraction of sp³-hybridized carbons (Fsp3) is 0.375. The van der Waals surface area contributed by atoms with Crippen molar-refractivity contribution in [2.24, 2.45) is 10.7 Å². The van der Waals surface area contributed by atoms with Crippen molar-refractivity contribution in [2.45, 2.75) is 58.5 Å². The van der Waals surface area contributed by atoms with Gasteiger partial charge in [0.2, 0.25) is 5.96 Å². The van der Waals surface area contributed by atoms with Gasteiger partial charge in [0.1, 0.15) is 30.6 Å². The number of hydrogen-bond donors (Lipinski definition) is 2. The molecular weight excluding hydrogens is 742 g/mol. The summed E-state index contributed by atoms with van der Waals surface area (Å²) in [7, 11) is 0. The fourth-order valence-electron chi connectivity index (χ4n) is 5.12. The Hall–Kier alpha value is -6.49. The third kappa shape index (κ3) is 15.3. The first-order chi connectivity index (χ1) is 27.3. The number of nitrogens with two attached hydrogens (primary N) is 1. The molecule has 0 aliphatic carbocycles. The first-order valence-electron chi connectivity index (χ1n) is 18.1. The maximum Gasteiger partial charge on any atom is 0.437 e. The van der Waals surface area contributed by atoms with Crippen molar-refractivity contribution in [3.63, 3.8) is 0 Å². The van der Waals surface area contributed by atoms with Crippen molar-refractivity contribution in [3.05, 3.63) is 102 Å². The number of hydrogen-bond acceptors (Lipinski definition) is 12. The summed E-state index contributed by atoms with van der Waals surface area (Å²) in [5.74, 6) is -2.47. The van der Waals surface area contributed by atoms with Crippen molar-refractivity contribution in [2.75, 3.05) is 39.5 Å². The molecule has 17 heteroatoms. The van der Waals surface area contributed by atoms with E-state index in [4.69, 9.17) is 34.2 Å². The zero-order valence-electron chi connectivity index (χ0n) is 32.0. The van der Waals surface area contributed by atoms with Crippen molar-refractivity contribution in [3.8, 4) is 5.75 Å². The van der Waals surface area contributed by atoms with Crippen LogP contribution in [0.4, 0.5) is 14.4 Å². The standard InChI is InChI=1S/C40H47N5O12/c1-40(2,3)57-38(50)42-32(35(48)56-31-18-16-30(17-19-31)34(47)53-27-33(46)44-21-23-52-24-22-44)15-10-20-45(39(51)55-26-29-13-8-5-9-14-29)36(41)43-37(49)54-25-28-11-6-4-7-12-28/h4-9,11-14,16-19,32H,10,15,20-27H2,1-3H3,(H,42,50)(H2,41,43,49)/t32-/m0/s1. The van der Waals surface area contributed by atoms with Gasteiger partial charge in [0.25, 0.3) is 5.91 Å². The van der Waals surface area contributed by atoms with E-state index in [1.807, 2.05) is 6.07 Å². The molecule has 0 aromatic heterocycles. The van der Waals surface area contributed by atoms with Crippen molar-refractivity contribution < 1.29 is 57.2 Å². The molecule has 1 atom stereocenters. The average Bonchev–Trinajstić information content (AvgIpc) is 3.19. The number of amides is 4. The molecular formula is C40H47N5O12. The Morgan fingerprint density at radius 3 is 2.04 bits per heavy atom. The van der Waals surface area contributed by atoms with Crippen LogP contribution < -0.4 is 15.8 Å². The zero-order chi connectivity index (χ0) is 41.2. The highest BCUT2D eigenvalue weighted by Gasteiger charge is 2.28. The van der Waals surface area contributed by atoms with E-state index in [-0.39, 0.29) is 49.8 Å². The molecule has 1 aliphatic heterocycles. The van der Waals surface area contributed by atoms with E-state index in [0.29, 0.717) is 37.4 Å². The lowest BCUT2D eigenvalue weighted by atomic mass is 10.1. The second-order valence-electron chi connectivity index (χ2n) is 13.6. The van der Waals surface area contributed by atoms with Gasteiger partial charge in [-0.1, -0.05) is 60.7 Å². The third-order valence-electron chi connectivity index (χ3n) is 7.96. The molecule has 4 amide bonds. The fourth-order valence-corrected chi connectivity index (χ4v) is 5.12. The van der Waals surface area contributed by atoms with Crippen LogP contribution in [-0.2, 0) is 46.5 Å². The first kappa shape index (κ1) is 43.2. The van der Waals surface area contributed by atoms with Crippen LogP contribution in [0.2, 0.25) is 0 Å². The molecule has 4 rings (SSSR count). The lowest BCUT2D eigenvalue weighted by Crippen LogP contribution is -2.46. The molecule has 0 saturated carbocycles. The second-order valence-corrected chi connectivity index (χ2v) is 13.6. The van der Waals surface area contributed by atoms with Crippen molar-refractivity contribution in [1.82, 2.24) is 15.1 Å². The number of nitrogens with zero attached hydrogens (tertiary/aromatic N) is 3. The molecule has 1 heterocycles. The number of aliphatic imine (C=N–C) groups is 1. The molecule has 0 spiro atoms. The molecule has 17 nitrogen and oxygen atoms in total. The highest BCUT2D eigenvalue weighted by molar-refractivity contribution is 5.98. The van der Waals surface area contributed by atoms with E-state index in [1.165, 1.54) is 24.3 Å². The average molecular weight is 790 g/mol. The van der Waals surface area contributed by atoms with Gasteiger partial charge in [-0.05, 0) is 69.0 Å². The van der Waals surface area contributed by atoms with Crippen molar-refractivity contribution in [1.29, 1.82) is 0 Å². The number of carbonyl (C=O) groups excluding carboxylic acids is 6. The molecule has 1 fully saturated rings. The van der Waals surface area contributed by atoms with Gasteiger partial charge in [-0.3, -0.25) is 4.79 Å². The van der Waals surface area contributed by atoms with E-state index < -0.39 is 54.4 Å². The zero-order valence-corrected chi connectivity index (χ0v) is 32.0. The van der Waals surface area contributed by atoms with Gasteiger partial charge in [-0.15, -0.1) is 4.99 Å². The van der Waals surface area contributed by atoms with Gasteiger partial charge in [0.05, 0.1) is 18.8 Å². The highest BCUT2D eigenvalue weighted by Crippen LogP contribution is 2.16. The lowest BCUT2D eigenvalue weighted by Gasteiger charge is -2.26. The smallest absolute Gasteiger partial charge is 0.437 e. The molecule has 1 aliphatic rings. The van der Waals surface area contributed by atoms with E-state index in [2.05, 4.69) is 10.3 Å². The van der Waals surface area contributed by atoms with Crippen molar-refractivity contribution >= 4 is 42.1 Å². The van der Waals surface area contributed by atoms with E-state index >= 15 is 0 Å².